The number of fused-ring (bicyclic) bond motifs is 1. The second kappa shape index (κ2) is 8.17. The maximum atomic E-state index is 13.0. The molecule has 0 unspecified atom stereocenters. The average Bonchev–Trinajstić information content (AvgIpc) is 3.00. The van der Waals surface area contributed by atoms with Crippen molar-refractivity contribution < 1.29 is 28.7 Å². The molecule has 2 heterocycles. The van der Waals surface area contributed by atoms with Gasteiger partial charge >= 0.3 is 12.0 Å². The summed E-state index contributed by atoms with van der Waals surface area (Å²) in [6, 6.07) is 6.21. The van der Waals surface area contributed by atoms with E-state index in [2.05, 4.69) is 10.6 Å². The molecule has 4 rings (SSSR count). The Morgan fingerprint density at radius 1 is 1.15 bits per heavy atom. The molecule has 3 aliphatic rings. The van der Waals surface area contributed by atoms with E-state index >= 15 is 0 Å². The van der Waals surface area contributed by atoms with Gasteiger partial charge in [0.1, 0.15) is 17.6 Å². The quantitative estimate of drug-likeness (QED) is 0.526. The zero-order chi connectivity index (χ0) is 24.0. The van der Waals surface area contributed by atoms with E-state index in [1.807, 2.05) is 6.92 Å². The van der Waals surface area contributed by atoms with Crippen molar-refractivity contribution in [3.05, 3.63) is 24.3 Å². The Hall–Kier alpha value is -3.43. The van der Waals surface area contributed by atoms with Crippen molar-refractivity contribution in [2.75, 3.05) is 23.4 Å². The highest BCUT2D eigenvalue weighted by Crippen LogP contribution is 2.38. The van der Waals surface area contributed by atoms with Gasteiger partial charge in [-0.3, -0.25) is 29.0 Å². The van der Waals surface area contributed by atoms with E-state index in [1.165, 1.54) is 4.90 Å². The highest BCUT2D eigenvalue weighted by molar-refractivity contribution is 6.14. The molecule has 5 amide bonds. The van der Waals surface area contributed by atoms with Crippen LogP contribution in [0.4, 0.5) is 16.2 Å². The van der Waals surface area contributed by atoms with Crippen LogP contribution in [0.3, 0.4) is 0 Å². The number of urea groups is 1. The van der Waals surface area contributed by atoms with Crippen LogP contribution in [0.25, 0.3) is 0 Å². The molecule has 2 fully saturated rings. The van der Waals surface area contributed by atoms with Gasteiger partial charge in [-0.25, -0.2) is 4.79 Å². The first-order valence-electron chi connectivity index (χ1n) is 11.1. The van der Waals surface area contributed by atoms with Crippen molar-refractivity contribution in [2.24, 2.45) is 5.92 Å². The number of imide groups is 1. The Morgan fingerprint density at radius 3 is 2.61 bits per heavy atom. The number of hydrogen-bond acceptors (Lipinski definition) is 6. The van der Waals surface area contributed by atoms with Gasteiger partial charge in [0.25, 0.3) is 11.8 Å². The lowest BCUT2D eigenvalue weighted by molar-refractivity contribution is -0.151. The van der Waals surface area contributed by atoms with Gasteiger partial charge < -0.3 is 15.4 Å². The zero-order valence-electron chi connectivity index (χ0n) is 19.0. The van der Waals surface area contributed by atoms with Crippen molar-refractivity contribution in [1.29, 1.82) is 0 Å². The van der Waals surface area contributed by atoms with Crippen molar-refractivity contribution in [1.82, 2.24) is 10.2 Å². The fourth-order valence-corrected chi connectivity index (χ4v) is 4.92. The molecule has 0 bridgehead atoms. The molecule has 0 radical (unpaired) electrons. The Balaban J connectivity index is 1.42. The van der Waals surface area contributed by atoms with Crippen LogP contribution >= 0.6 is 0 Å². The summed E-state index contributed by atoms with van der Waals surface area (Å²) in [5, 5.41) is 5.54. The van der Waals surface area contributed by atoms with Crippen molar-refractivity contribution in [3.63, 3.8) is 0 Å². The molecule has 2 aliphatic heterocycles. The molecule has 1 aliphatic carbocycles. The van der Waals surface area contributed by atoms with Gasteiger partial charge in [0.2, 0.25) is 5.91 Å². The number of rotatable bonds is 4. The fraction of sp³-hybridized carbons (Fsp3) is 0.522. The number of para-hydroxylation sites is 2. The van der Waals surface area contributed by atoms with E-state index in [-0.39, 0.29) is 11.8 Å². The number of esters is 1. The third kappa shape index (κ3) is 3.73. The fourth-order valence-electron chi connectivity index (χ4n) is 4.92. The van der Waals surface area contributed by atoms with Crippen molar-refractivity contribution in [2.45, 2.75) is 57.5 Å². The molecule has 1 aromatic rings. The minimum Gasteiger partial charge on any atom is -0.454 e. The molecule has 1 aromatic carbocycles. The molecule has 1 saturated heterocycles. The molecule has 1 saturated carbocycles. The van der Waals surface area contributed by atoms with E-state index in [1.54, 1.807) is 38.1 Å². The lowest BCUT2D eigenvalue weighted by Gasteiger charge is -2.41. The molecular weight excluding hydrogens is 428 g/mol. The predicted molar refractivity (Wildman–Crippen MR) is 118 cm³/mol. The van der Waals surface area contributed by atoms with Crippen LogP contribution < -0.4 is 15.5 Å². The first-order chi connectivity index (χ1) is 15.6. The van der Waals surface area contributed by atoms with Crippen LogP contribution in [-0.2, 0) is 23.9 Å². The normalized spacial score (nSPS) is 26.0. The van der Waals surface area contributed by atoms with E-state index in [0.29, 0.717) is 17.8 Å². The SMILES string of the molecule is C[C@H]1CCCC[C@@]12NC(=O)N(CC(=O)OCC(=O)N1c3ccccc3NC(=O)C1(C)C)C2=O. The Bertz CT molecular complexity index is 1040. The Kier molecular flexibility index (Phi) is 5.63. The highest BCUT2D eigenvalue weighted by Gasteiger charge is 2.55. The summed E-state index contributed by atoms with van der Waals surface area (Å²) in [5.74, 6) is -2.29. The van der Waals surface area contributed by atoms with Crippen LogP contribution in [0.15, 0.2) is 24.3 Å². The number of amides is 5. The van der Waals surface area contributed by atoms with Crippen molar-refractivity contribution >= 4 is 41.1 Å². The van der Waals surface area contributed by atoms with Gasteiger partial charge in [0.05, 0.1) is 11.4 Å². The van der Waals surface area contributed by atoms with Gasteiger partial charge in [-0.1, -0.05) is 31.9 Å². The summed E-state index contributed by atoms with van der Waals surface area (Å²) in [6.07, 6.45) is 3.17. The summed E-state index contributed by atoms with van der Waals surface area (Å²) in [4.78, 5) is 65.6. The largest absolute Gasteiger partial charge is 0.454 e. The van der Waals surface area contributed by atoms with Gasteiger partial charge in [-0.2, -0.15) is 0 Å². The average molecular weight is 456 g/mol. The number of carbonyl (C=O) groups excluding carboxylic acids is 5. The minimum atomic E-state index is -1.20. The molecule has 33 heavy (non-hydrogen) atoms. The number of benzene rings is 1. The monoisotopic (exact) mass is 456 g/mol. The molecule has 2 atom stereocenters. The number of nitrogens with one attached hydrogen (secondary N) is 2. The van der Waals surface area contributed by atoms with Crippen LogP contribution in [-0.4, -0.2) is 58.9 Å². The van der Waals surface area contributed by atoms with E-state index < -0.39 is 48.0 Å². The standard InChI is InChI=1S/C23H28N4O6/c1-14-8-6-7-11-23(14)20(31)26(21(32)25-23)12-18(29)33-13-17(28)27-16-10-5-4-9-15(16)24-19(30)22(27,2)3/h4-5,9-10,14H,6-8,11-13H2,1-3H3,(H,24,30)(H,25,32)/t14-,23+/m0/s1. The van der Waals surface area contributed by atoms with Crippen molar-refractivity contribution in [3.8, 4) is 0 Å². The molecule has 10 heteroatoms. The third-order valence-electron chi connectivity index (χ3n) is 6.90. The lowest BCUT2D eigenvalue weighted by Crippen LogP contribution is -2.59. The Morgan fingerprint density at radius 2 is 1.88 bits per heavy atom. The van der Waals surface area contributed by atoms with Crippen LogP contribution in [0.2, 0.25) is 0 Å². The molecule has 10 nitrogen and oxygen atoms in total. The smallest absolute Gasteiger partial charge is 0.326 e. The zero-order valence-corrected chi connectivity index (χ0v) is 19.0. The number of nitrogens with zero attached hydrogens (tertiary/aromatic N) is 2. The molecule has 176 valence electrons. The van der Waals surface area contributed by atoms with Crippen LogP contribution in [0.5, 0.6) is 0 Å². The summed E-state index contributed by atoms with van der Waals surface area (Å²) < 4.78 is 5.13. The predicted octanol–water partition coefficient (Wildman–Crippen LogP) is 1.79. The number of carbonyl (C=O) groups is 5. The maximum Gasteiger partial charge on any atom is 0.326 e. The summed E-state index contributed by atoms with van der Waals surface area (Å²) >= 11 is 0. The summed E-state index contributed by atoms with van der Waals surface area (Å²) in [6.45, 7) is 3.90. The third-order valence-corrected chi connectivity index (χ3v) is 6.90. The second-order valence-electron chi connectivity index (χ2n) is 9.36. The summed E-state index contributed by atoms with van der Waals surface area (Å²) in [7, 11) is 0. The van der Waals surface area contributed by atoms with E-state index in [4.69, 9.17) is 4.74 Å². The van der Waals surface area contributed by atoms with Gasteiger partial charge in [-0.15, -0.1) is 0 Å². The number of ether oxygens (including phenoxy) is 1. The molecular formula is C23H28N4O6. The number of anilines is 2. The maximum absolute atomic E-state index is 13.0. The second-order valence-corrected chi connectivity index (χ2v) is 9.36. The minimum absolute atomic E-state index is 0.0298. The van der Waals surface area contributed by atoms with Crippen LogP contribution in [0.1, 0.15) is 46.5 Å². The lowest BCUT2D eigenvalue weighted by atomic mass is 9.73. The van der Waals surface area contributed by atoms with Gasteiger partial charge in [0, 0.05) is 0 Å². The van der Waals surface area contributed by atoms with Gasteiger partial charge in [-0.05, 0) is 44.7 Å². The Labute approximate surface area is 191 Å². The molecule has 0 aromatic heterocycles. The highest BCUT2D eigenvalue weighted by atomic mass is 16.5. The first-order valence-corrected chi connectivity index (χ1v) is 11.1. The van der Waals surface area contributed by atoms with Gasteiger partial charge in [0.15, 0.2) is 6.61 Å². The molecule has 1 spiro atoms. The molecule has 2 N–H and O–H groups in total. The van der Waals surface area contributed by atoms with Crippen LogP contribution in [0, 0.1) is 5.92 Å². The first kappa shape index (κ1) is 22.8. The summed E-state index contributed by atoms with van der Waals surface area (Å²) in [5.41, 5.74) is -1.20. The topological polar surface area (TPSA) is 125 Å². The van der Waals surface area contributed by atoms with E-state index in [0.717, 1.165) is 24.2 Å². The van der Waals surface area contributed by atoms with E-state index in [9.17, 15) is 24.0 Å². The number of hydrogen-bond donors (Lipinski definition) is 2.